The second kappa shape index (κ2) is 4.22. The summed E-state index contributed by atoms with van der Waals surface area (Å²) in [5.74, 6) is -0.407. The zero-order valence-electron chi connectivity index (χ0n) is 9.59. The Kier molecular flexibility index (Phi) is 3.00. The quantitative estimate of drug-likeness (QED) is 0.651. The van der Waals surface area contributed by atoms with E-state index in [1.807, 2.05) is 0 Å². The molecule has 18 heavy (non-hydrogen) atoms. The third-order valence-corrected chi connectivity index (χ3v) is 3.15. The summed E-state index contributed by atoms with van der Waals surface area (Å²) >= 11 is 5.84. The van der Waals surface area contributed by atoms with E-state index < -0.39 is 16.4 Å². The van der Waals surface area contributed by atoms with Gasteiger partial charge in [-0.3, -0.25) is 14.9 Å². The Morgan fingerprint density at radius 2 is 2.17 bits per heavy atom. The molecule has 1 heterocycles. The van der Waals surface area contributed by atoms with Crippen LogP contribution in [0.15, 0.2) is 18.2 Å². The standard InChI is InChI=1S/C11H11ClN2O4/c1-11(16)5-13(6-11)10(15)7-3-2-4-8(9(7)12)14(17)18/h2-4,16H,5-6H2,1H3. The fourth-order valence-electron chi connectivity index (χ4n) is 1.92. The van der Waals surface area contributed by atoms with E-state index in [0.29, 0.717) is 0 Å². The molecule has 1 saturated heterocycles. The molecule has 0 aliphatic carbocycles. The molecule has 0 unspecified atom stereocenters. The minimum Gasteiger partial charge on any atom is -0.386 e. The third kappa shape index (κ3) is 2.16. The Morgan fingerprint density at radius 3 is 2.67 bits per heavy atom. The Hall–Kier alpha value is -1.66. The average molecular weight is 271 g/mol. The van der Waals surface area contributed by atoms with Gasteiger partial charge in [0.2, 0.25) is 0 Å². The fraction of sp³-hybridized carbons (Fsp3) is 0.364. The smallest absolute Gasteiger partial charge is 0.288 e. The predicted molar refractivity (Wildman–Crippen MR) is 64.6 cm³/mol. The molecule has 1 aliphatic rings. The van der Waals surface area contributed by atoms with Gasteiger partial charge in [-0.05, 0) is 13.0 Å². The van der Waals surface area contributed by atoms with Crippen molar-refractivity contribution in [1.29, 1.82) is 0 Å². The van der Waals surface area contributed by atoms with Crippen LogP contribution in [0, 0.1) is 10.1 Å². The van der Waals surface area contributed by atoms with Crippen molar-refractivity contribution in [3.05, 3.63) is 38.9 Å². The van der Waals surface area contributed by atoms with Gasteiger partial charge in [-0.15, -0.1) is 0 Å². The molecule has 1 aromatic rings. The Labute approximate surface area is 108 Å². The van der Waals surface area contributed by atoms with Gasteiger partial charge in [-0.1, -0.05) is 17.7 Å². The normalized spacial score (nSPS) is 17.2. The van der Waals surface area contributed by atoms with Crippen molar-refractivity contribution >= 4 is 23.2 Å². The van der Waals surface area contributed by atoms with Crippen LogP contribution in [0.5, 0.6) is 0 Å². The van der Waals surface area contributed by atoms with E-state index in [-0.39, 0.29) is 29.4 Å². The highest BCUT2D eigenvalue weighted by atomic mass is 35.5. The molecule has 0 bridgehead atoms. The SMILES string of the molecule is CC1(O)CN(C(=O)c2cccc([N+](=O)[O-])c2Cl)C1. The molecule has 1 amide bonds. The van der Waals surface area contributed by atoms with Crippen molar-refractivity contribution in [1.82, 2.24) is 4.90 Å². The van der Waals surface area contributed by atoms with Gasteiger partial charge < -0.3 is 10.0 Å². The first kappa shape index (κ1) is 12.8. The Bertz CT molecular complexity index is 522. The van der Waals surface area contributed by atoms with Gasteiger partial charge in [0.1, 0.15) is 5.02 Å². The lowest BCUT2D eigenvalue weighted by molar-refractivity contribution is -0.384. The van der Waals surface area contributed by atoms with Crippen LogP contribution in [0.4, 0.5) is 5.69 Å². The molecule has 96 valence electrons. The first-order valence-corrected chi connectivity index (χ1v) is 5.64. The molecule has 1 N–H and O–H groups in total. The van der Waals surface area contributed by atoms with E-state index in [2.05, 4.69) is 0 Å². The molecule has 1 aromatic carbocycles. The molecule has 0 atom stereocenters. The molecule has 1 aliphatic heterocycles. The number of nitro groups is 1. The number of nitro benzene ring substituents is 1. The molecule has 0 radical (unpaired) electrons. The first-order valence-electron chi connectivity index (χ1n) is 5.26. The topological polar surface area (TPSA) is 83.7 Å². The van der Waals surface area contributed by atoms with Crippen LogP contribution in [0.1, 0.15) is 17.3 Å². The zero-order valence-corrected chi connectivity index (χ0v) is 10.3. The fourth-order valence-corrected chi connectivity index (χ4v) is 2.19. The molecular formula is C11H11ClN2O4. The van der Waals surface area contributed by atoms with Crippen LogP contribution >= 0.6 is 11.6 Å². The number of likely N-dealkylation sites (tertiary alicyclic amines) is 1. The Morgan fingerprint density at radius 1 is 1.56 bits per heavy atom. The molecule has 0 aromatic heterocycles. The molecular weight excluding hydrogens is 260 g/mol. The van der Waals surface area contributed by atoms with E-state index in [9.17, 15) is 20.0 Å². The molecule has 7 heteroatoms. The lowest BCUT2D eigenvalue weighted by Crippen LogP contribution is -2.61. The average Bonchev–Trinajstić information content (AvgIpc) is 2.24. The summed E-state index contributed by atoms with van der Waals surface area (Å²) in [6.07, 6.45) is 0. The van der Waals surface area contributed by atoms with E-state index in [1.165, 1.54) is 23.1 Å². The molecule has 2 rings (SSSR count). The van der Waals surface area contributed by atoms with Crippen LogP contribution in [0.3, 0.4) is 0 Å². The van der Waals surface area contributed by atoms with Gasteiger partial charge in [-0.25, -0.2) is 0 Å². The van der Waals surface area contributed by atoms with Crippen LogP contribution in [0.25, 0.3) is 0 Å². The monoisotopic (exact) mass is 270 g/mol. The summed E-state index contributed by atoms with van der Waals surface area (Å²) in [6, 6.07) is 4.09. The molecule has 6 nitrogen and oxygen atoms in total. The van der Waals surface area contributed by atoms with E-state index >= 15 is 0 Å². The second-order valence-corrected chi connectivity index (χ2v) is 4.93. The summed E-state index contributed by atoms with van der Waals surface area (Å²) in [5, 5.41) is 20.1. The van der Waals surface area contributed by atoms with Crippen LogP contribution < -0.4 is 0 Å². The number of amides is 1. The van der Waals surface area contributed by atoms with Crippen LogP contribution in [-0.4, -0.2) is 39.5 Å². The number of nitrogens with zero attached hydrogens (tertiary/aromatic N) is 2. The summed E-state index contributed by atoms with van der Waals surface area (Å²) in [6.45, 7) is 2.02. The maximum atomic E-state index is 12.0. The number of carbonyl (C=O) groups is 1. The van der Waals surface area contributed by atoms with Crippen molar-refractivity contribution in [2.24, 2.45) is 0 Å². The highest BCUT2D eigenvalue weighted by molar-refractivity contribution is 6.35. The summed E-state index contributed by atoms with van der Waals surface area (Å²) in [7, 11) is 0. The van der Waals surface area contributed by atoms with Gasteiger partial charge >= 0.3 is 0 Å². The zero-order chi connectivity index (χ0) is 13.5. The Balaban J connectivity index is 2.27. The third-order valence-electron chi connectivity index (χ3n) is 2.76. The number of hydrogen-bond donors (Lipinski definition) is 1. The predicted octanol–water partition coefficient (Wildman–Crippen LogP) is 1.46. The van der Waals surface area contributed by atoms with Crippen molar-refractivity contribution in [2.75, 3.05) is 13.1 Å². The highest BCUT2D eigenvalue weighted by Gasteiger charge is 2.40. The first-order chi connectivity index (χ1) is 8.32. The number of β-amino-alcohol motifs (C(OH)–C–C–N with tert-alkyl or cyclic N) is 1. The van der Waals surface area contributed by atoms with E-state index in [4.69, 9.17) is 11.6 Å². The van der Waals surface area contributed by atoms with Gasteiger partial charge in [0.15, 0.2) is 0 Å². The maximum Gasteiger partial charge on any atom is 0.288 e. The number of halogens is 1. The van der Waals surface area contributed by atoms with Gasteiger partial charge in [0.05, 0.1) is 29.2 Å². The minimum atomic E-state index is -0.886. The number of rotatable bonds is 2. The van der Waals surface area contributed by atoms with Gasteiger partial charge in [0, 0.05) is 6.07 Å². The number of aliphatic hydroxyl groups is 1. The summed E-state index contributed by atoms with van der Waals surface area (Å²) in [4.78, 5) is 23.5. The number of hydrogen-bond acceptors (Lipinski definition) is 4. The van der Waals surface area contributed by atoms with E-state index in [1.54, 1.807) is 6.92 Å². The second-order valence-electron chi connectivity index (χ2n) is 4.55. The van der Waals surface area contributed by atoms with Gasteiger partial charge in [-0.2, -0.15) is 0 Å². The largest absolute Gasteiger partial charge is 0.386 e. The van der Waals surface area contributed by atoms with Crippen molar-refractivity contribution < 1.29 is 14.8 Å². The van der Waals surface area contributed by atoms with Crippen molar-refractivity contribution in [3.8, 4) is 0 Å². The molecule has 0 saturated carbocycles. The van der Waals surface area contributed by atoms with Gasteiger partial charge in [0.25, 0.3) is 11.6 Å². The molecule has 1 fully saturated rings. The minimum absolute atomic E-state index is 0.0846. The van der Waals surface area contributed by atoms with Crippen molar-refractivity contribution in [2.45, 2.75) is 12.5 Å². The van der Waals surface area contributed by atoms with E-state index in [0.717, 1.165) is 0 Å². The summed E-state index contributed by atoms with van der Waals surface area (Å²) < 4.78 is 0. The van der Waals surface area contributed by atoms with Crippen LogP contribution in [-0.2, 0) is 0 Å². The summed E-state index contributed by atoms with van der Waals surface area (Å²) in [5.41, 5.74) is -1.10. The van der Waals surface area contributed by atoms with Crippen LogP contribution in [0.2, 0.25) is 5.02 Å². The number of carbonyl (C=O) groups excluding carboxylic acids is 1. The lowest BCUT2D eigenvalue weighted by atomic mass is 9.96. The van der Waals surface area contributed by atoms with Crippen molar-refractivity contribution in [3.63, 3.8) is 0 Å². The maximum absolute atomic E-state index is 12.0. The highest BCUT2D eigenvalue weighted by Crippen LogP contribution is 2.30. The molecule has 0 spiro atoms. The number of benzene rings is 1. The lowest BCUT2D eigenvalue weighted by Gasteiger charge is -2.44.